The van der Waals surface area contributed by atoms with Crippen molar-refractivity contribution in [2.45, 2.75) is 52.5 Å². The number of hydrogen-bond donors (Lipinski definition) is 0. The molecule has 0 N–H and O–H groups in total. The predicted molar refractivity (Wildman–Crippen MR) is 182 cm³/mol. The van der Waals surface area contributed by atoms with Crippen molar-refractivity contribution >= 4 is 38.9 Å². The van der Waals surface area contributed by atoms with Crippen LogP contribution in [-0.4, -0.2) is 16.8 Å². The first-order valence-corrected chi connectivity index (χ1v) is 15.1. The summed E-state index contributed by atoms with van der Waals surface area (Å²) < 4.78 is 8.95. The minimum absolute atomic E-state index is 0.0131. The van der Waals surface area contributed by atoms with Crippen molar-refractivity contribution in [2.75, 3.05) is 16.5 Å². The molecule has 0 saturated heterocycles. The van der Waals surface area contributed by atoms with E-state index in [1.807, 2.05) is 6.07 Å². The van der Waals surface area contributed by atoms with Crippen LogP contribution in [0.4, 0.5) is 17.1 Å². The molecule has 1 aliphatic rings. The molecule has 0 amide bonds. The van der Waals surface area contributed by atoms with Crippen molar-refractivity contribution in [3.63, 3.8) is 0 Å². The molecule has 1 aliphatic heterocycles. The lowest BCUT2D eigenvalue weighted by Gasteiger charge is -2.34. The largest absolute Gasteiger partial charge is 0.457 e. The summed E-state index contributed by atoms with van der Waals surface area (Å²) in [5.74, 6) is 1.64. The summed E-state index contributed by atoms with van der Waals surface area (Å²) in [6, 6.07) is 41.1. The number of aromatic nitrogens is 1. The molecule has 0 bridgehead atoms. The summed E-state index contributed by atoms with van der Waals surface area (Å²) in [5.41, 5.74) is 8.48. The zero-order valence-corrected chi connectivity index (χ0v) is 25.9. The van der Waals surface area contributed by atoms with Crippen LogP contribution in [0.1, 0.15) is 47.1 Å². The van der Waals surface area contributed by atoms with E-state index in [2.05, 4.69) is 165 Å². The van der Waals surface area contributed by atoms with Gasteiger partial charge in [-0.15, -0.1) is 0 Å². The second kappa shape index (κ2) is 9.95. The molecular weight excluding hydrogens is 526 g/mol. The van der Waals surface area contributed by atoms with Gasteiger partial charge < -0.3 is 19.1 Å². The number of benzene rings is 5. The van der Waals surface area contributed by atoms with Gasteiger partial charge in [-0.2, -0.15) is 0 Å². The average Bonchev–Trinajstić information content (AvgIpc) is 3.53. The molecular formula is C39H39N3O. The fraction of sp³-hybridized carbons (Fsp3) is 0.231. The smallest absolute Gasteiger partial charge is 0.129 e. The molecule has 0 radical (unpaired) electrons. The molecule has 0 atom stereocenters. The van der Waals surface area contributed by atoms with Gasteiger partial charge in [-0.3, -0.25) is 0 Å². The van der Waals surface area contributed by atoms with Gasteiger partial charge in [-0.05, 0) is 86.3 Å². The van der Waals surface area contributed by atoms with Gasteiger partial charge in [0.1, 0.15) is 11.5 Å². The molecule has 0 fully saturated rings. The van der Waals surface area contributed by atoms with Gasteiger partial charge in [0.15, 0.2) is 0 Å². The van der Waals surface area contributed by atoms with Crippen LogP contribution in [0.25, 0.3) is 27.5 Å². The molecule has 43 heavy (non-hydrogen) atoms. The van der Waals surface area contributed by atoms with Crippen LogP contribution in [-0.2, 0) is 5.41 Å². The molecule has 216 valence electrons. The van der Waals surface area contributed by atoms with Crippen molar-refractivity contribution in [3.05, 3.63) is 121 Å². The molecule has 4 heteroatoms. The minimum Gasteiger partial charge on any atom is -0.457 e. The topological polar surface area (TPSA) is 20.6 Å². The van der Waals surface area contributed by atoms with Gasteiger partial charge >= 0.3 is 0 Å². The highest BCUT2D eigenvalue weighted by Crippen LogP contribution is 2.44. The Labute approximate surface area is 254 Å². The van der Waals surface area contributed by atoms with Gasteiger partial charge in [0.05, 0.1) is 29.1 Å². The number of para-hydroxylation sites is 3. The molecule has 7 rings (SSSR count). The third kappa shape index (κ3) is 4.81. The lowest BCUT2D eigenvalue weighted by Crippen LogP contribution is -2.42. The molecule has 6 aromatic rings. The third-order valence-electron chi connectivity index (χ3n) is 8.54. The maximum Gasteiger partial charge on any atom is 0.129 e. The standard InChI is InChI=1S/C39H39N3O/c1-38(2,3)27-13-11-15-29(23-27)42-34-18-8-7-17-32(34)33-22-21-31(25-37(33)42)43-30-16-12-14-28(24-30)40-26-41(39(4,5)6)36-20-10-9-19-35(36)40/h7-25H,26H2,1-6H3. The fourth-order valence-corrected chi connectivity index (χ4v) is 6.26. The molecule has 0 spiro atoms. The Bertz CT molecular complexity index is 1970. The number of hydrogen-bond acceptors (Lipinski definition) is 3. The number of anilines is 3. The van der Waals surface area contributed by atoms with Crippen LogP contribution in [0.2, 0.25) is 0 Å². The van der Waals surface area contributed by atoms with Gasteiger partial charge in [-0.1, -0.05) is 69.3 Å². The predicted octanol–water partition coefficient (Wildman–Crippen LogP) is 10.6. The Morgan fingerprint density at radius 2 is 1.23 bits per heavy atom. The fourth-order valence-electron chi connectivity index (χ4n) is 6.26. The van der Waals surface area contributed by atoms with Crippen molar-refractivity contribution < 1.29 is 4.74 Å². The SMILES string of the molecule is CC(C)(C)c1cccc(-n2c3ccccc3c3ccc(Oc4cccc(N5CN(C(C)(C)C)c6ccccc65)c4)cc32)c1. The average molecular weight is 566 g/mol. The van der Waals surface area contributed by atoms with Crippen LogP contribution >= 0.6 is 0 Å². The Kier molecular flexibility index (Phi) is 6.28. The molecule has 5 aromatic carbocycles. The molecule has 0 saturated carbocycles. The number of nitrogens with zero attached hydrogens (tertiary/aromatic N) is 3. The van der Waals surface area contributed by atoms with Crippen LogP contribution in [0.5, 0.6) is 11.5 Å². The summed E-state index contributed by atoms with van der Waals surface area (Å²) in [7, 11) is 0. The van der Waals surface area contributed by atoms with E-state index in [1.54, 1.807) is 0 Å². The van der Waals surface area contributed by atoms with E-state index in [4.69, 9.17) is 4.74 Å². The lowest BCUT2D eigenvalue weighted by atomic mass is 9.87. The second-order valence-corrected chi connectivity index (χ2v) is 13.6. The van der Waals surface area contributed by atoms with E-state index in [0.717, 1.165) is 35.1 Å². The highest BCUT2D eigenvalue weighted by Gasteiger charge is 2.33. The normalized spacial score (nSPS) is 13.6. The first kappa shape index (κ1) is 27.2. The summed E-state index contributed by atoms with van der Waals surface area (Å²) in [5, 5.41) is 2.46. The first-order valence-electron chi connectivity index (χ1n) is 15.1. The first-order chi connectivity index (χ1) is 20.6. The van der Waals surface area contributed by atoms with Crippen LogP contribution in [0.15, 0.2) is 115 Å². The van der Waals surface area contributed by atoms with Gasteiger partial charge in [-0.25, -0.2) is 0 Å². The van der Waals surface area contributed by atoms with Crippen molar-refractivity contribution in [2.24, 2.45) is 0 Å². The van der Waals surface area contributed by atoms with Crippen LogP contribution in [0.3, 0.4) is 0 Å². The molecule has 1 aromatic heterocycles. The monoisotopic (exact) mass is 565 g/mol. The molecule has 2 heterocycles. The Morgan fingerprint density at radius 3 is 2.02 bits per heavy atom. The highest BCUT2D eigenvalue weighted by atomic mass is 16.5. The van der Waals surface area contributed by atoms with E-state index in [1.165, 1.54) is 33.2 Å². The van der Waals surface area contributed by atoms with E-state index < -0.39 is 0 Å². The zero-order chi connectivity index (χ0) is 29.9. The number of rotatable bonds is 4. The second-order valence-electron chi connectivity index (χ2n) is 13.6. The highest BCUT2D eigenvalue weighted by molar-refractivity contribution is 6.09. The summed E-state index contributed by atoms with van der Waals surface area (Å²) in [6.45, 7) is 14.4. The zero-order valence-electron chi connectivity index (χ0n) is 25.9. The number of fused-ring (bicyclic) bond motifs is 4. The minimum atomic E-state index is 0.0131. The summed E-state index contributed by atoms with van der Waals surface area (Å²) in [4.78, 5) is 4.83. The van der Waals surface area contributed by atoms with E-state index in [0.29, 0.717) is 0 Å². The third-order valence-corrected chi connectivity index (χ3v) is 8.54. The Balaban J connectivity index is 1.28. The van der Waals surface area contributed by atoms with Gasteiger partial charge in [0.2, 0.25) is 0 Å². The van der Waals surface area contributed by atoms with E-state index in [9.17, 15) is 0 Å². The van der Waals surface area contributed by atoms with Crippen molar-refractivity contribution in [3.8, 4) is 17.2 Å². The molecule has 0 unspecified atom stereocenters. The quantitative estimate of drug-likeness (QED) is 0.212. The maximum absolute atomic E-state index is 6.58. The van der Waals surface area contributed by atoms with Crippen LogP contribution < -0.4 is 14.5 Å². The summed E-state index contributed by atoms with van der Waals surface area (Å²) in [6.07, 6.45) is 0. The molecule has 4 nitrogen and oxygen atoms in total. The Hall–Kier alpha value is -4.70. The van der Waals surface area contributed by atoms with Crippen molar-refractivity contribution in [1.82, 2.24) is 4.57 Å². The van der Waals surface area contributed by atoms with Gasteiger partial charge in [0, 0.05) is 39.8 Å². The molecule has 0 aliphatic carbocycles. The Morgan fingerprint density at radius 1 is 0.558 bits per heavy atom. The lowest BCUT2D eigenvalue weighted by molar-refractivity contribution is 0.483. The number of ether oxygens (including phenoxy) is 1. The van der Waals surface area contributed by atoms with E-state index >= 15 is 0 Å². The summed E-state index contributed by atoms with van der Waals surface area (Å²) >= 11 is 0. The van der Waals surface area contributed by atoms with Crippen LogP contribution in [0, 0.1) is 0 Å². The maximum atomic E-state index is 6.58. The van der Waals surface area contributed by atoms with Crippen molar-refractivity contribution in [1.29, 1.82) is 0 Å². The van der Waals surface area contributed by atoms with Gasteiger partial charge in [0.25, 0.3) is 0 Å². The van der Waals surface area contributed by atoms with E-state index in [-0.39, 0.29) is 11.0 Å².